The van der Waals surface area contributed by atoms with Crippen LogP contribution in [0.3, 0.4) is 0 Å². The Kier molecular flexibility index (Phi) is 5.19. The molecule has 0 aliphatic heterocycles. The van der Waals surface area contributed by atoms with Crippen LogP contribution in [-0.4, -0.2) is 16.5 Å². The van der Waals surface area contributed by atoms with Crippen molar-refractivity contribution >= 4 is 39.1 Å². The second kappa shape index (κ2) is 5.94. The van der Waals surface area contributed by atoms with Crippen molar-refractivity contribution in [1.82, 2.24) is 0 Å². The first-order chi connectivity index (χ1) is 7.06. The maximum Gasteiger partial charge on any atom is 0.137 e. The van der Waals surface area contributed by atoms with Crippen LogP contribution in [0, 0.1) is 0 Å². The molecule has 0 aromatic heterocycles. The summed E-state index contributed by atoms with van der Waals surface area (Å²) in [6.07, 6.45) is -0.889. The zero-order valence-electron chi connectivity index (χ0n) is 8.08. The molecule has 2 nitrogen and oxygen atoms in total. The molecule has 84 valence electrons. The van der Waals surface area contributed by atoms with Gasteiger partial charge in [0.2, 0.25) is 0 Å². The average Bonchev–Trinajstić information content (AvgIpc) is 2.20. The predicted molar refractivity (Wildman–Crippen MR) is 65.8 cm³/mol. The quantitative estimate of drug-likeness (QED) is 0.859. The molecule has 0 heterocycles. The molecule has 0 fully saturated rings. The lowest BCUT2D eigenvalue weighted by molar-refractivity contribution is 0.192. The van der Waals surface area contributed by atoms with Crippen molar-refractivity contribution in [2.24, 2.45) is 0 Å². The van der Waals surface area contributed by atoms with Crippen molar-refractivity contribution in [2.75, 3.05) is 6.61 Å². The summed E-state index contributed by atoms with van der Waals surface area (Å²) in [4.78, 5) is -0.838. The van der Waals surface area contributed by atoms with E-state index in [9.17, 15) is 5.11 Å². The number of hydrogen-bond donors (Lipinski definition) is 1. The Morgan fingerprint density at radius 1 is 1.47 bits per heavy atom. The lowest BCUT2D eigenvalue weighted by atomic mass is 10.1. The van der Waals surface area contributed by atoms with Crippen molar-refractivity contribution in [3.05, 3.63) is 28.2 Å². The van der Waals surface area contributed by atoms with E-state index in [1.165, 1.54) is 0 Å². The fourth-order valence-electron chi connectivity index (χ4n) is 1.12. The summed E-state index contributed by atoms with van der Waals surface area (Å²) < 4.78 is 6.11. The third kappa shape index (κ3) is 3.52. The molecule has 0 saturated heterocycles. The molecule has 1 aromatic carbocycles. The maximum absolute atomic E-state index is 9.62. The van der Waals surface area contributed by atoms with Gasteiger partial charge in [-0.2, -0.15) is 0 Å². The molecule has 0 aliphatic rings. The molecule has 15 heavy (non-hydrogen) atoms. The number of aliphatic hydroxyl groups is 1. The number of rotatable bonds is 4. The van der Waals surface area contributed by atoms with Crippen LogP contribution in [0.4, 0.5) is 0 Å². The monoisotopic (exact) mass is 312 g/mol. The van der Waals surface area contributed by atoms with E-state index in [1.807, 2.05) is 6.92 Å². The molecule has 1 atom stereocenters. The molecule has 0 spiro atoms. The molecular weight excluding hydrogens is 303 g/mol. The van der Waals surface area contributed by atoms with Gasteiger partial charge in [0.05, 0.1) is 11.1 Å². The fraction of sp³-hybridized carbons (Fsp3) is 0.400. The molecule has 1 N–H and O–H groups in total. The summed E-state index contributed by atoms with van der Waals surface area (Å²) in [5.41, 5.74) is 0.653. The lowest BCUT2D eigenvalue weighted by Crippen LogP contribution is -2.06. The molecule has 5 heteroatoms. The van der Waals surface area contributed by atoms with E-state index >= 15 is 0 Å². The second-order valence-electron chi connectivity index (χ2n) is 2.90. The molecule has 1 aromatic rings. The SMILES string of the molecule is CCOc1ccc(C(O)C(Cl)Cl)cc1Br. The average molecular weight is 314 g/mol. The first kappa shape index (κ1) is 13.1. The van der Waals surface area contributed by atoms with Gasteiger partial charge in [0.25, 0.3) is 0 Å². The Morgan fingerprint density at radius 2 is 2.13 bits per heavy atom. The summed E-state index contributed by atoms with van der Waals surface area (Å²) in [6, 6.07) is 5.24. The largest absolute Gasteiger partial charge is 0.493 e. The van der Waals surface area contributed by atoms with Crippen molar-refractivity contribution < 1.29 is 9.84 Å². The highest BCUT2D eigenvalue weighted by molar-refractivity contribution is 9.10. The van der Waals surface area contributed by atoms with Gasteiger partial charge < -0.3 is 9.84 Å². The van der Waals surface area contributed by atoms with E-state index < -0.39 is 10.9 Å². The molecule has 0 bridgehead atoms. The molecule has 1 rings (SSSR count). The van der Waals surface area contributed by atoms with Gasteiger partial charge in [-0.25, -0.2) is 0 Å². The van der Waals surface area contributed by atoms with Crippen molar-refractivity contribution in [2.45, 2.75) is 17.9 Å². The van der Waals surface area contributed by atoms with Crippen molar-refractivity contribution in [3.8, 4) is 5.75 Å². The topological polar surface area (TPSA) is 29.5 Å². The summed E-state index contributed by atoms with van der Waals surface area (Å²) in [5.74, 6) is 0.731. The molecular formula is C10H11BrCl2O2. The van der Waals surface area contributed by atoms with Crippen LogP contribution in [0.15, 0.2) is 22.7 Å². The smallest absolute Gasteiger partial charge is 0.137 e. The Hall–Kier alpha value is 0.0400. The van der Waals surface area contributed by atoms with Crippen molar-refractivity contribution in [1.29, 1.82) is 0 Å². The summed E-state index contributed by atoms with van der Waals surface area (Å²) >= 11 is 14.5. The van der Waals surface area contributed by atoms with Crippen LogP contribution in [0.2, 0.25) is 0 Å². The fourth-order valence-corrected chi connectivity index (χ4v) is 1.92. The Morgan fingerprint density at radius 3 is 2.60 bits per heavy atom. The van der Waals surface area contributed by atoms with Crippen LogP contribution >= 0.6 is 39.1 Å². The number of halogens is 3. The minimum absolute atomic E-state index is 0.591. The van der Waals surface area contributed by atoms with E-state index in [2.05, 4.69) is 15.9 Å². The molecule has 0 saturated carbocycles. The van der Waals surface area contributed by atoms with E-state index in [-0.39, 0.29) is 0 Å². The molecule has 0 amide bonds. The zero-order valence-corrected chi connectivity index (χ0v) is 11.2. The van der Waals surface area contributed by atoms with Crippen LogP contribution < -0.4 is 4.74 Å². The van der Waals surface area contributed by atoms with Gasteiger partial charge in [-0.05, 0) is 40.5 Å². The number of aliphatic hydroxyl groups excluding tert-OH is 1. The van der Waals surface area contributed by atoms with Gasteiger partial charge in [-0.15, -0.1) is 23.2 Å². The highest BCUT2D eigenvalue weighted by Gasteiger charge is 2.16. The third-order valence-corrected chi connectivity index (χ3v) is 2.93. The molecule has 0 aliphatic carbocycles. The first-order valence-corrected chi connectivity index (χ1v) is 6.11. The number of alkyl halides is 2. The van der Waals surface area contributed by atoms with Gasteiger partial charge in [-0.1, -0.05) is 6.07 Å². The van der Waals surface area contributed by atoms with Crippen molar-refractivity contribution in [3.63, 3.8) is 0 Å². The van der Waals surface area contributed by atoms with Gasteiger partial charge in [0, 0.05) is 0 Å². The third-order valence-electron chi connectivity index (χ3n) is 1.84. The van der Waals surface area contributed by atoms with E-state index in [0.29, 0.717) is 12.2 Å². The van der Waals surface area contributed by atoms with Gasteiger partial charge in [-0.3, -0.25) is 0 Å². The number of benzene rings is 1. The summed E-state index contributed by atoms with van der Waals surface area (Å²) in [6.45, 7) is 2.50. The molecule has 0 radical (unpaired) electrons. The minimum atomic E-state index is -0.889. The standard InChI is InChI=1S/C10H11BrCl2O2/c1-2-15-8-4-3-6(5-7(8)11)9(14)10(12)13/h3-5,9-10,14H,2H2,1H3. The highest BCUT2D eigenvalue weighted by Crippen LogP contribution is 2.31. The van der Waals surface area contributed by atoms with E-state index in [1.54, 1.807) is 18.2 Å². The normalized spacial score (nSPS) is 12.9. The van der Waals surface area contributed by atoms with Gasteiger partial charge >= 0.3 is 0 Å². The van der Waals surface area contributed by atoms with Gasteiger partial charge in [0.1, 0.15) is 16.7 Å². The maximum atomic E-state index is 9.62. The van der Waals surface area contributed by atoms with Crippen LogP contribution in [0.5, 0.6) is 5.75 Å². The van der Waals surface area contributed by atoms with Crippen LogP contribution in [0.1, 0.15) is 18.6 Å². The summed E-state index contributed by atoms with van der Waals surface area (Å²) in [5, 5.41) is 9.62. The second-order valence-corrected chi connectivity index (χ2v) is 4.92. The zero-order chi connectivity index (χ0) is 11.4. The highest BCUT2D eigenvalue weighted by atomic mass is 79.9. The summed E-state index contributed by atoms with van der Waals surface area (Å²) in [7, 11) is 0. The Balaban J connectivity index is 2.90. The number of ether oxygens (including phenoxy) is 1. The van der Waals surface area contributed by atoms with Crippen LogP contribution in [0.25, 0.3) is 0 Å². The van der Waals surface area contributed by atoms with Gasteiger partial charge in [0.15, 0.2) is 0 Å². The minimum Gasteiger partial charge on any atom is -0.493 e. The molecule has 1 unspecified atom stereocenters. The lowest BCUT2D eigenvalue weighted by Gasteiger charge is -2.13. The van der Waals surface area contributed by atoms with E-state index in [4.69, 9.17) is 27.9 Å². The van der Waals surface area contributed by atoms with E-state index in [0.717, 1.165) is 10.2 Å². The first-order valence-electron chi connectivity index (χ1n) is 4.44. The predicted octanol–water partition coefficient (Wildman–Crippen LogP) is 3.68. The number of hydrogen-bond acceptors (Lipinski definition) is 2. The van der Waals surface area contributed by atoms with Crippen LogP contribution in [-0.2, 0) is 0 Å². The Bertz CT molecular complexity index is 331. The Labute approximate surface area is 107 Å².